The summed E-state index contributed by atoms with van der Waals surface area (Å²) < 4.78 is 22.2. The number of benzene rings is 2. The fourth-order valence-electron chi connectivity index (χ4n) is 4.37. The number of likely N-dealkylation sites (N-methyl/N-ethyl adjacent to an activating group) is 1. The largest absolute Gasteiger partial charge is 0.504 e. The molecule has 0 bridgehead atoms. The third kappa shape index (κ3) is 4.07. The van der Waals surface area contributed by atoms with Crippen molar-refractivity contribution in [3.63, 3.8) is 0 Å². The van der Waals surface area contributed by atoms with Gasteiger partial charge in [0, 0.05) is 24.6 Å². The highest BCUT2D eigenvalue weighted by Crippen LogP contribution is 2.50. The number of ether oxygens (including phenoxy) is 4. The van der Waals surface area contributed by atoms with Crippen LogP contribution in [0.3, 0.4) is 0 Å². The lowest BCUT2D eigenvalue weighted by atomic mass is 9.87. The average molecular weight is 428 g/mol. The number of hydrogen-bond donors (Lipinski definition) is 2. The number of phenolic OH excluding ortho intramolecular Hbond substituents is 1. The summed E-state index contributed by atoms with van der Waals surface area (Å²) in [6, 6.07) is 7.30. The number of nitrogens with zero attached hydrogens (tertiary/aromatic N) is 2. The maximum Gasteiger partial charge on any atom is 0.231 e. The summed E-state index contributed by atoms with van der Waals surface area (Å²) >= 11 is 0. The van der Waals surface area contributed by atoms with Gasteiger partial charge in [0.05, 0.1) is 19.9 Å². The van der Waals surface area contributed by atoms with E-state index in [-0.39, 0.29) is 18.6 Å². The summed E-state index contributed by atoms with van der Waals surface area (Å²) in [7, 11) is 5.23. The van der Waals surface area contributed by atoms with E-state index in [2.05, 4.69) is 17.1 Å². The van der Waals surface area contributed by atoms with E-state index in [1.807, 2.05) is 12.1 Å². The maximum atomic E-state index is 9.79. The zero-order chi connectivity index (χ0) is 22.0. The van der Waals surface area contributed by atoms with Gasteiger partial charge in [0.1, 0.15) is 0 Å². The van der Waals surface area contributed by atoms with Crippen LogP contribution in [0, 0.1) is 0 Å². The molecule has 2 aliphatic heterocycles. The molecule has 2 heterocycles. The topological polar surface area (TPSA) is 93.0 Å². The van der Waals surface area contributed by atoms with Crippen LogP contribution >= 0.6 is 0 Å². The van der Waals surface area contributed by atoms with E-state index < -0.39 is 0 Å². The zero-order valence-corrected chi connectivity index (χ0v) is 18.1. The van der Waals surface area contributed by atoms with Crippen molar-refractivity contribution in [2.45, 2.75) is 31.7 Å². The second kappa shape index (κ2) is 8.93. The van der Waals surface area contributed by atoms with Gasteiger partial charge in [-0.05, 0) is 55.6 Å². The second-order valence-electron chi connectivity index (χ2n) is 7.84. The van der Waals surface area contributed by atoms with Gasteiger partial charge in [-0.25, -0.2) is 0 Å². The molecule has 0 unspecified atom stereocenters. The van der Waals surface area contributed by atoms with Crippen LogP contribution < -0.4 is 18.9 Å². The summed E-state index contributed by atoms with van der Waals surface area (Å²) in [5.74, 6) is 2.59. The molecule has 0 amide bonds. The Kier molecular flexibility index (Phi) is 6.08. The van der Waals surface area contributed by atoms with Crippen LogP contribution in [0.25, 0.3) is 0 Å². The minimum absolute atomic E-state index is 0.00606. The molecule has 0 saturated heterocycles. The highest BCUT2D eigenvalue weighted by atomic mass is 16.7. The van der Waals surface area contributed by atoms with Gasteiger partial charge in [-0.15, -0.1) is 0 Å². The quantitative estimate of drug-likeness (QED) is 0.396. The molecule has 31 heavy (non-hydrogen) atoms. The first-order chi connectivity index (χ1) is 15.0. The summed E-state index contributed by atoms with van der Waals surface area (Å²) in [5, 5.41) is 23.1. The molecule has 1 atom stereocenters. The van der Waals surface area contributed by atoms with Gasteiger partial charge in [0.2, 0.25) is 12.5 Å². The number of aryl methyl sites for hydroxylation is 1. The smallest absolute Gasteiger partial charge is 0.231 e. The fraction of sp³-hybridized carbons (Fsp3) is 0.435. The first kappa shape index (κ1) is 21.1. The summed E-state index contributed by atoms with van der Waals surface area (Å²) in [6.07, 6.45) is 2.69. The molecule has 4 rings (SSSR count). The normalized spacial score (nSPS) is 18.0. The molecular formula is C23H28N2O6. The maximum absolute atomic E-state index is 9.79. The van der Waals surface area contributed by atoms with Crippen molar-refractivity contribution < 1.29 is 29.3 Å². The SMILES string of the molecule is COc1cc(CC/C(C[C@H]2c3c(cc4c(c3OC)OCO4)CCN2C)=N/O)ccc1O. The summed E-state index contributed by atoms with van der Waals surface area (Å²) in [6.45, 7) is 1.07. The minimum atomic E-state index is -0.00606. The van der Waals surface area contributed by atoms with Gasteiger partial charge in [-0.3, -0.25) is 4.90 Å². The molecule has 0 saturated carbocycles. The van der Waals surface area contributed by atoms with E-state index in [0.717, 1.165) is 29.8 Å². The molecule has 0 spiro atoms. The molecular weight excluding hydrogens is 400 g/mol. The molecule has 2 N–H and O–H groups in total. The number of rotatable bonds is 7. The number of hydrogen-bond acceptors (Lipinski definition) is 8. The molecule has 0 radical (unpaired) electrons. The van der Waals surface area contributed by atoms with Crippen LogP contribution in [0.2, 0.25) is 0 Å². The van der Waals surface area contributed by atoms with E-state index in [1.54, 1.807) is 19.2 Å². The zero-order valence-electron chi connectivity index (χ0n) is 18.1. The first-order valence-electron chi connectivity index (χ1n) is 10.3. The van der Waals surface area contributed by atoms with Crippen molar-refractivity contribution in [1.29, 1.82) is 0 Å². The van der Waals surface area contributed by atoms with Gasteiger partial charge in [0.15, 0.2) is 23.0 Å². The lowest BCUT2D eigenvalue weighted by Crippen LogP contribution is -2.34. The Morgan fingerprint density at radius 2 is 2.06 bits per heavy atom. The van der Waals surface area contributed by atoms with Crippen LogP contribution in [0.5, 0.6) is 28.7 Å². The lowest BCUT2D eigenvalue weighted by molar-refractivity contribution is 0.170. The third-order valence-corrected chi connectivity index (χ3v) is 6.06. The predicted octanol–water partition coefficient (Wildman–Crippen LogP) is 3.52. The Labute approximate surface area is 181 Å². The van der Waals surface area contributed by atoms with E-state index in [4.69, 9.17) is 18.9 Å². The van der Waals surface area contributed by atoms with E-state index in [1.165, 1.54) is 12.7 Å². The molecule has 166 valence electrons. The van der Waals surface area contributed by atoms with Crippen LogP contribution in [0.15, 0.2) is 29.4 Å². The molecule has 8 nitrogen and oxygen atoms in total. The Hall–Kier alpha value is -3.13. The Balaban J connectivity index is 1.56. The molecule has 0 aliphatic carbocycles. The van der Waals surface area contributed by atoms with Crippen molar-refractivity contribution >= 4 is 5.71 Å². The number of oxime groups is 1. The highest BCUT2D eigenvalue weighted by Gasteiger charge is 2.34. The summed E-state index contributed by atoms with van der Waals surface area (Å²) in [5.41, 5.74) is 3.92. The van der Waals surface area contributed by atoms with E-state index in [9.17, 15) is 10.3 Å². The van der Waals surface area contributed by atoms with Gasteiger partial charge < -0.3 is 29.3 Å². The van der Waals surface area contributed by atoms with E-state index in [0.29, 0.717) is 42.2 Å². The predicted molar refractivity (Wildman–Crippen MR) is 115 cm³/mol. The molecule has 2 aliphatic rings. The van der Waals surface area contributed by atoms with Gasteiger partial charge in [0.25, 0.3) is 0 Å². The van der Waals surface area contributed by atoms with Crippen LogP contribution in [-0.4, -0.2) is 55.5 Å². The molecule has 0 fully saturated rings. The Bertz CT molecular complexity index is 991. The Morgan fingerprint density at radius 1 is 1.23 bits per heavy atom. The molecule has 2 aromatic carbocycles. The van der Waals surface area contributed by atoms with Gasteiger partial charge >= 0.3 is 0 Å². The molecule has 2 aromatic rings. The van der Waals surface area contributed by atoms with Crippen molar-refractivity contribution in [3.8, 4) is 28.7 Å². The number of methoxy groups -OCH3 is 2. The van der Waals surface area contributed by atoms with E-state index >= 15 is 0 Å². The third-order valence-electron chi connectivity index (χ3n) is 6.06. The standard InChI is InChI=1S/C23H28N2O6/c1-25-9-8-15-11-20-22(31-13-30-20)23(29-3)21(15)17(25)12-16(24-27)6-4-14-5-7-18(26)19(10-14)28-2/h5,7,10-11,17,26-27H,4,6,8-9,12-13H2,1-3H3/b24-16-/t17-/m0/s1. The van der Waals surface area contributed by atoms with Gasteiger partial charge in [-0.2, -0.15) is 0 Å². The average Bonchev–Trinajstić information content (AvgIpc) is 3.25. The first-order valence-corrected chi connectivity index (χ1v) is 10.3. The molecule has 8 heteroatoms. The van der Waals surface area contributed by atoms with Gasteiger partial charge in [-0.1, -0.05) is 11.2 Å². The van der Waals surface area contributed by atoms with Crippen molar-refractivity contribution in [2.24, 2.45) is 5.16 Å². The lowest BCUT2D eigenvalue weighted by Gasteiger charge is -2.36. The highest BCUT2D eigenvalue weighted by molar-refractivity contribution is 5.85. The number of phenols is 1. The van der Waals surface area contributed by atoms with Crippen molar-refractivity contribution in [1.82, 2.24) is 4.90 Å². The van der Waals surface area contributed by atoms with Crippen molar-refractivity contribution in [3.05, 3.63) is 41.0 Å². The minimum Gasteiger partial charge on any atom is -0.504 e. The molecule has 0 aromatic heterocycles. The summed E-state index contributed by atoms with van der Waals surface area (Å²) in [4.78, 5) is 2.25. The second-order valence-corrected chi connectivity index (χ2v) is 7.84. The van der Waals surface area contributed by atoms with Crippen LogP contribution in [0.4, 0.5) is 0 Å². The fourth-order valence-corrected chi connectivity index (χ4v) is 4.37. The van der Waals surface area contributed by atoms with Crippen LogP contribution in [-0.2, 0) is 12.8 Å². The monoisotopic (exact) mass is 428 g/mol. The Morgan fingerprint density at radius 3 is 2.81 bits per heavy atom. The number of aromatic hydroxyl groups is 1. The van der Waals surface area contributed by atoms with Crippen LogP contribution in [0.1, 0.15) is 35.6 Å². The number of fused-ring (bicyclic) bond motifs is 2. The van der Waals surface area contributed by atoms with Crippen molar-refractivity contribution in [2.75, 3.05) is 34.6 Å².